The van der Waals surface area contributed by atoms with Gasteiger partial charge in [-0.2, -0.15) is 0 Å². The van der Waals surface area contributed by atoms with Gasteiger partial charge in [-0.15, -0.1) is 0 Å². The van der Waals surface area contributed by atoms with Crippen molar-refractivity contribution in [3.63, 3.8) is 0 Å². The third-order valence-corrected chi connectivity index (χ3v) is 8.15. The second kappa shape index (κ2) is 12.9. The van der Waals surface area contributed by atoms with Crippen molar-refractivity contribution >= 4 is 38.0 Å². The molecule has 200 valence electrons. The number of likely N-dealkylation sites (tertiary alicyclic amines) is 1. The summed E-state index contributed by atoms with van der Waals surface area (Å²) >= 11 is 3.39. The van der Waals surface area contributed by atoms with Crippen LogP contribution in [0.15, 0.2) is 83.3 Å². The van der Waals surface area contributed by atoms with Crippen molar-refractivity contribution in [2.75, 3.05) is 18.8 Å². The Labute approximate surface area is 231 Å². The van der Waals surface area contributed by atoms with E-state index in [4.69, 9.17) is 9.47 Å². The fourth-order valence-electron chi connectivity index (χ4n) is 4.29. The number of benzene rings is 3. The molecule has 0 aromatic heterocycles. The van der Waals surface area contributed by atoms with Gasteiger partial charge in [0.15, 0.2) is 0 Å². The summed E-state index contributed by atoms with van der Waals surface area (Å²) in [5.41, 5.74) is 1.89. The van der Waals surface area contributed by atoms with Crippen LogP contribution in [0.3, 0.4) is 0 Å². The third kappa shape index (κ3) is 7.82. The largest absolute Gasteiger partial charge is 0.487 e. The summed E-state index contributed by atoms with van der Waals surface area (Å²) in [5, 5.41) is 0. The van der Waals surface area contributed by atoms with Gasteiger partial charge in [0.1, 0.15) is 19.0 Å². The molecule has 0 bridgehead atoms. The van der Waals surface area contributed by atoms with E-state index in [0.29, 0.717) is 23.9 Å². The topological polar surface area (TPSA) is 102 Å². The van der Waals surface area contributed by atoms with Gasteiger partial charge in [-0.1, -0.05) is 66.7 Å². The molecule has 4 rings (SSSR count). The maximum Gasteiger partial charge on any atom is 0.410 e. The Bertz CT molecular complexity index is 1350. The number of sulfonamides is 1. The van der Waals surface area contributed by atoms with E-state index in [-0.39, 0.29) is 42.7 Å². The highest BCUT2D eigenvalue weighted by atomic mass is 79.9. The Kier molecular flexibility index (Phi) is 9.41. The van der Waals surface area contributed by atoms with Crippen molar-refractivity contribution in [2.45, 2.75) is 26.1 Å². The Balaban J connectivity index is 1.34. The fraction of sp³-hybridized carbons (Fsp3) is 0.286. The summed E-state index contributed by atoms with van der Waals surface area (Å²) in [5.74, 6) is -1.12. The van der Waals surface area contributed by atoms with Gasteiger partial charge < -0.3 is 14.4 Å². The quantitative estimate of drug-likeness (QED) is 0.365. The number of para-hydroxylation sites is 1. The average Bonchev–Trinajstić information content (AvgIpc) is 2.91. The van der Waals surface area contributed by atoms with Gasteiger partial charge in [0.2, 0.25) is 10.0 Å². The maximum absolute atomic E-state index is 13.0. The zero-order valence-electron chi connectivity index (χ0n) is 20.7. The lowest BCUT2D eigenvalue weighted by Gasteiger charge is -2.31. The molecule has 1 aliphatic rings. The van der Waals surface area contributed by atoms with Crippen LogP contribution in [0.5, 0.6) is 5.75 Å². The summed E-state index contributed by atoms with van der Waals surface area (Å²) in [6.07, 6.45) is 0.798. The highest BCUT2D eigenvalue weighted by Crippen LogP contribution is 2.30. The number of carbonyl (C=O) groups excluding carboxylic acids is 2. The third-order valence-electron chi connectivity index (χ3n) is 6.12. The standard InChI is InChI=1S/C28H29BrN2O6S/c29-25-15-7-14-24(26(25)36-18-21-9-3-1-4-10-21)27(32)30-38(34,35)20-23-13-8-16-31(17-23)28(33)37-19-22-11-5-2-6-12-22/h1-7,9-12,14-15,23H,8,13,16-20H2,(H,30,32). The number of hydrogen-bond donors (Lipinski definition) is 1. The fourth-order valence-corrected chi connectivity index (χ4v) is 6.14. The minimum Gasteiger partial charge on any atom is -0.487 e. The molecule has 10 heteroatoms. The van der Waals surface area contributed by atoms with Crippen molar-refractivity contribution < 1.29 is 27.5 Å². The van der Waals surface area contributed by atoms with Gasteiger partial charge >= 0.3 is 6.09 Å². The Morgan fingerprint density at radius 1 is 0.921 bits per heavy atom. The summed E-state index contributed by atoms with van der Waals surface area (Å²) in [6, 6.07) is 23.7. The molecule has 0 saturated carbocycles. The summed E-state index contributed by atoms with van der Waals surface area (Å²) in [6.45, 7) is 1.10. The molecular formula is C28H29BrN2O6S. The average molecular weight is 602 g/mol. The van der Waals surface area contributed by atoms with Crippen LogP contribution < -0.4 is 9.46 Å². The van der Waals surface area contributed by atoms with Gasteiger partial charge in [0.25, 0.3) is 5.91 Å². The second-order valence-electron chi connectivity index (χ2n) is 9.10. The molecule has 3 aromatic rings. The Hall–Kier alpha value is -3.37. The van der Waals surface area contributed by atoms with Gasteiger partial charge in [-0.25, -0.2) is 17.9 Å². The number of halogens is 1. The zero-order chi connectivity index (χ0) is 27.0. The lowest BCUT2D eigenvalue weighted by Crippen LogP contribution is -2.44. The van der Waals surface area contributed by atoms with E-state index in [1.54, 1.807) is 12.1 Å². The van der Waals surface area contributed by atoms with Crippen LogP contribution in [0.2, 0.25) is 0 Å². The van der Waals surface area contributed by atoms with Gasteiger partial charge in [-0.3, -0.25) is 4.79 Å². The molecule has 1 atom stereocenters. The minimum atomic E-state index is -3.98. The summed E-state index contributed by atoms with van der Waals surface area (Å²) < 4.78 is 39.8. The molecule has 3 aromatic carbocycles. The highest BCUT2D eigenvalue weighted by Gasteiger charge is 2.30. The number of nitrogens with zero attached hydrogens (tertiary/aromatic N) is 1. The zero-order valence-corrected chi connectivity index (χ0v) is 23.1. The van der Waals surface area contributed by atoms with Crippen LogP contribution in [0, 0.1) is 5.92 Å². The van der Waals surface area contributed by atoms with Crippen LogP contribution in [0.25, 0.3) is 0 Å². The number of ether oxygens (including phenoxy) is 2. The maximum atomic E-state index is 13.0. The van der Waals surface area contributed by atoms with Crippen LogP contribution >= 0.6 is 15.9 Å². The smallest absolute Gasteiger partial charge is 0.410 e. The predicted octanol–water partition coefficient (Wildman–Crippen LogP) is 5.14. The number of rotatable bonds is 9. The van der Waals surface area contributed by atoms with Gasteiger partial charge in [0.05, 0.1) is 15.8 Å². The van der Waals surface area contributed by atoms with E-state index in [2.05, 4.69) is 20.7 Å². The molecular weight excluding hydrogens is 572 g/mol. The van der Waals surface area contributed by atoms with E-state index in [1.165, 1.54) is 11.0 Å². The Morgan fingerprint density at radius 2 is 1.58 bits per heavy atom. The van der Waals surface area contributed by atoms with E-state index in [1.807, 2.05) is 60.7 Å². The number of amides is 2. The van der Waals surface area contributed by atoms with E-state index in [0.717, 1.165) is 11.1 Å². The Morgan fingerprint density at radius 3 is 2.26 bits per heavy atom. The predicted molar refractivity (Wildman–Crippen MR) is 147 cm³/mol. The van der Waals surface area contributed by atoms with Crippen molar-refractivity contribution in [1.82, 2.24) is 9.62 Å². The minimum absolute atomic E-state index is 0.105. The van der Waals surface area contributed by atoms with Crippen LogP contribution in [0.1, 0.15) is 34.3 Å². The first kappa shape index (κ1) is 27.7. The molecule has 1 saturated heterocycles. The molecule has 1 aliphatic heterocycles. The van der Waals surface area contributed by atoms with Crippen molar-refractivity contribution in [2.24, 2.45) is 5.92 Å². The molecule has 2 amide bonds. The van der Waals surface area contributed by atoms with Gasteiger partial charge in [-0.05, 0) is 57.9 Å². The summed E-state index contributed by atoms with van der Waals surface area (Å²) in [4.78, 5) is 27.1. The second-order valence-corrected chi connectivity index (χ2v) is 11.7. The molecule has 0 radical (unpaired) electrons. The number of nitrogens with one attached hydrogen (secondary N) is 1. The highest BCUT2D eigenvalue weighted by molar-refractivity contribution is 9.10. The molecule has 1 fully saturated rings. The lowest BCUT2D eigenvalue weighted by molar-refractivity contribution is 0.0811. The van der Waals surface area contributed by atoms with Crippen molar-refractivity contribution in [1.29, 1.82) is 0 Å². The molecule has 38 heavy (non-hydrogen) atoms. The van der Waals surface area contributed by atoms with Crippen LogP contribution in [-0.4, -0.2) is 44.2 Å². The van der Waals surface area contributed by atoms with E-state index in [9.17, 15) is 18.0 Å². The molecule has 1 heterocycles. The first-order chi connectivity index (χ1) is 18.3. The number of piperidine rings is 1. The molecule has 0 spiro atoms. The molecule has 1 unspecified atom stereocenters. The van der Waals surface area contributed by atoms with Crippen molar-refractivity contribution in [3.05, 3.63) is 100 Å². The lowest BCUT2D eigenvalue weighted by atomic mass is 10.0. The van der Waals surface area contributed by atoms with E-state index >= 15 is 0 Å². The molecule has 0 aliphatic carbocycles. The SMILES string of the molecule is O=C(NS(=O)(=O)CC1CCCN(C(=O)OCc2ccccc2)C1)c1cccc(Br)c1OCc1ccccc1. The van der Waals surface area contributed by atoms with E-state index < -0.39 is 22.0 Å². The first-order valence-corrected chi connectivity index (χ1v) is 14.7. The van der Waals surface area contributed by atoms with Crippen LogP contribution in [0.4, 0.5) is 4.79 Å². The molecule has 1 N–H and O–H groups in total. The van der Waals surface area contributed by atoms with Crippen LogP contribution in [-0.2, 0) is 28.0 Å². The number of carbonyl (C=O) groups is 2. The summed E-state index contributed by atoms with van der Waals surface area (Å²) in [7, 11) is -3.98. The normalized spacial score (nSPS) is 15.5. The first-order valence-electron chi connectivity index (χ1n) is 12.3. The number of hydrogen-bond acceptors (Lipinski definition) is 6. The molecule has 8 nitrogen and oxygen atoms in total. The van der Waals surface area contributed by atoms with Crippen molar-refractivity contribution in [3.8, 4) is 5.75 Å². The monoisotopic (exact) mass is 600 g/mol. The van der Waals surface area contributed by atoms with Gasteiger partial charge in [0, 0.05) is 13.1 Å².